The van der Waals surface area contributed by atoms with Crippen LogP contribution in [0.5, 0.6) is 5.88 Å². The monoisotopic (exact) mass is 235 g/mol. The molecule has 0 aliphatic heterocycles. The van der Waals surface area contributed by atoms with E-state index in [-0.39, 0.29) is 5.54 Å². The van der Waals surface area contributed by atoms with Gasteiger partial charge in [0.15, 0.2) is 0 Å². The van der Waals surface area contributed by atoms with Crippen molar-refractivity contribution in [2.45, 2.75) is 45.6 Å². The summed E-state index contributed by atoms with van der Waals surface area (Å²) in [6, 6.07) is 1.80. The number of ether oxygens (including phenoxy) is 1. The lowest BCUT2D eigenvalue weighted by molar-refractivity contribution is 0.305. The van der Waals surface area contributed by atoms with Gasteiger partial charge in [-0.05, 0) is 39.0 Å². The number of nitrogens with one attached hydrogen (secondary N) is 1. The van der Waals surface area contributed by atoms with E-state index in [0.717, 1.165) is 12.3 Å². The predicted molar refractivity (Wildman–Crippen MR) is 68.2 cm³/mol. The Morgan fingerprint density at radius 2 is 2.24 bits per heavy atom. The topological polar surface area (TPSA) is 47.0 Å². The molecule has 94 valence electrons. The smallest absolute Gasteiger partial charge is 0.226 e. The first-order valence-electron chi connectivity index (χ1n) is 6.36. The minimum Gasteiger partial charge on any atom is -0.478 e. The van der Waals surface area contributed by atoms with Gasteiger partial charge in [0.25, 0.3) is 0 Å². The Morgan fingerprint density at radius 1 is 1.47 bits per heavy atom. The minimum atomic E-state index is 0.0728. The average Bonchev–Trinajstić information content (AvgIpc) is 3.10. The summed E-state index contributed by atoms with van der Waals surface area (Å²) in [5, 5.41) is 3.39. The summed E-state index contributed by atoms with van der Waals surface area (Å²) in [6.45, 7) is 7.18. The molecule has 1 fully saturated rings. The molecule has 0 atom stereocenters. The normalized spacial score (nSPS) is 15.7. The van der Waals surface area contributed by atoms with E-state index in [2.05, 4.69) is 36.1 Å². The van der Waals surface area contributed by atoms with E-state index in [1.807, 2.05) is 0 Å². The molecular formula is C13H21N3O. The van der Waals surface area contributed by atoms with E-state index in [9.17, 15) is 0 Å². The van der Waals surface area contributed by atoms with E-state index in [4.69, 9.17) is 4.74 Å². The van der Waals surface area contributed by atoms with E-state index >= 15 is 0 Å². The number of rotatable bonds is 6. The summed E-state index contributed by atoms with van der Waals surface area (Å²) in [4.78, 5) is 8.60. The van der Waals surface area contributed by atoms with Crippen molar-refractivity contribution in [3.63, 3.8) is 0 Å². The van der Waals surface area contributed by atoms with Gasteiger partial charge in [-0.2, -0.15) is 4.98 Å². The molecule has 1 N–H and O–H groups in total. The van der Waals surface area contributed by atoms with Gasteiger partial charge in [-0.1, -0.05) is 6.92 Å². The summed E-state index contributed by atoms with van der Waals surface area (Å²) in [6.07, 6.45) is 5.32. The van der Waals surface area contributed by atoms with Crippen LogP contribution in [0.15, 0.2) is 12.3 Å². The highest BCUT2D eigenvalue weighted by Gasteiger charge is 2.38. The van der Waals surface area contributed by atoms with Crippen LogP contribution < -0.4 is 10.1 Å². The number of nitrogens with zero attached hydrogens (tertiary/aromatic N) is 2. The third-order valence-corrected chi connectivity index (χ3v) is 3.12. The Morgan fingerprint density at radius 3 is 2.88 bits per heavy atom. The Balaban J connectivity index is 2.00. The lowest BCUT2D eigenvalue weighted by Gasteiger charge is -2.26. The molecule has 17 heavy (non-hydrogen) atoms. The minimum absolute atomic E-state index is 0.0728. The fraction of sp³-hybridized carbons (Fsp3) is 0.692. The van der Waals surface area contributed by atoms with Gasteiger partial charge in [0.05, 0.1) is 6.61 Å². The van der Waals surface area contributed by atoms with Gasteiger partial charge in [-0.15, -0.1) is 0 Å². The summed E-state index contributed by atoms with van der Waals surface area (Å²) in [5.74, 6) is 2.05. The number of hydrogen-bond donors (Lipinski definition) is 1. The Hall–Kier alpha value is -1.32. The zero-order chi connectivity index (χ0) is 12.3. The fourth-order valence-corrected chi connectivity index (χ4v) is 1.88. The second-order valence-corrected chi connectivity index (χ2v) is 5.19. The second kappa shape index (κ2) is 4.90. The first kappa shape index (κ1) is 12.1. The highest BCUT2D eigenvalue weighted by molar-refractivity contribution is 5.32. The quantitative estimate of drug-likeness (QED) is 0.823. The van der Waals surface area contributed by atoms with Crippen molar-refractivity contribution in [2.75, 3.05) is 11.9 Å². The van der Waals surface area contributed by atoms with Crippen molar-refractivity contribution >= 4 is 5.95 Å². The standard InChI is InChI=1S/C13H21N3O/c1-4-9-17-11-7-8-14-12(15-11)16-13(2,3)10-5-6-10/h7-8,10H,4-6,9H2,1-3H3,(H,14,15,16). The molecule has 0 radical (unpaired) electrons. The number of hydrogen-bond acceptors (Lipinski definition) is 4. The van der Waals surface area contributed by atoms with Crippen LogP contribution in [-0.4, -0.2) is 22.1 Å². The maximum atomic E-state index is 5.50. The third kappa shape index (κ3) is 3.32. The molecule has 1 aliphatic rings. The van der Waals surface area contributed by atoms with Crippen molar-refractivity contribution in [2.24, 2.45) is 5.92 Å². The van der Waals surface area contributed by atoms with Crippen molar-refractivity contribution in [3.05, 3.63) is 12.3 Å². The second-order valence-electron chi connectivity index (χ2n) is 5.19. The fourth-order valence-electron chi connectivity index (χ4n) is 1.88. The van der Waals surface area contributed by atoms with Gasteiger partial charge < -0.3 is 10.1 Å². The zero-order valence-corrected chi connectivity index (χ0v) is 10.9. The van der Waals surface area contributed by atoms with E-state index < -0.39 is 0 Å². The predicted octanol–water partition coefficient (Wildman–Crippen LogP) is 2.87. The van der Waals surface area contributed by atoms with Gasteiger partial charge in [0.1, 0.15) is 0 Å². The molecule has 1 heterocycles. The molecule has 0 spiro atoms. The van der Waals surface area contributed by atoms with Crippen LogP contribution >= 0.6 is 0 Å². The summed E-state index contributed by atoms with van der Waals surface area (Å²) < 4.78 is 5.50. The first-order chi connectivity index (χ1) is 8.12. The molecule has 1 aliphatic carbocycles. The van der Waals surface area contributed by atoms with Crippen LogP contribution in [0.2, 0.25) is 0 Å². The van der Waals surface area contributed by atoms with Crippen molar-refractivity contribution in [3.8, 4) is 5.88 Å². The maximum absolute atomic E-state index is 5.50. The molecule has 0 unspecified atom stereocenters. The molecule has 1 saturated carbocycles. The third-order valence-electron chi connectivity index (χ3n) is 3.12. The van der Waals surface area contributed by atoms with Gasteiger partial charge in [0.2, 0.25) is 11.8 Å². The molecular weight excluding hydrogens is 214 g/mol. The molecule has 1 aromatic heterocycles. The summed E-state index contributed by atoms with van der Waals surface area (Å²) >= 11 is 0. The Bertz CT molecular complexity index is 375. The van der Waals surface area contributed by atoms with Crippen molar-refractivity contribution in [1.82, 2.24) is 9.97 Å². The van der Waals surface area contributed by atoms with Gasteiger partial charge >= 0.3 is 0 Å². The van der Waals surface area contributed by atoms with Crippen LogP contribution in [-0.2, 0) is 0 Å². The van der Waals surface area contributed by atoms with Crippen LogP contribution in [0.25, 0.3) is 0 Å². The molecule has 0 saturated heterocycles. The van der Waals surface area contributed by atoms with Crippen LogP contribution in [0.4, 0.5) is 5.95 Å². The number of anilines is 1. The van der Waals surface area contributed by atoms with Crippen LogP contribution in [0.3, 0.4) is 0 Å². The maximum Gasteiger partial charge on any atom is 0.226 e. The Kier molecular flexibility index (Phi) is 3.50. The van der Waals surface area contributed by atoms with Crippen LogP contribution in [0, 0.1) is 5.92 Å². The SMILES string of the molecule is CCCOc1ccnc(NC(C)(C)C2CC2)n1. The lowest BCUT2D eigenvalue weighted by Crippen LogP contribution is -2.34. The van der Waals surface area contributed by atoms with Gasteiger partial charge in [-0.3, -0.25) is 0 Å². The molecule has 4 nitrogen and oxygen atoms in total. The summed E-state index contributed by atoms with van der Waals surface area (Å²) in [5.41, 5.74) is 0.0728. The number of aromatic nitrogens is 2. The van der Waals surface area contributed by atoms with Crippen molar-refractivity contribution in [1.29, 1.82) is 0 Å². The van der Waals surface area contributed by atoms with Gasteiger partial charge in [0, 0.05) is 17.8 Å². The molecule has 0 aromatic carbocycles. The molecule has 0 amide bonds. The van der Waals surface area contributed by atoms with Gasteiger partial charge in [-0.25, -0.2) is 4.98 Å². The van der Waals surface area contributed by atoms with E-state index in [0.29, 0.717) is 18.4 Å². The Labute approximate surface area is 103 Å². The van der Waals surface area contributed by atoms with Crippen LogP contribution in [0.1, 0.15) is 40.0 Å². The highest BCUT2D eigenvalue weighted by Crippen LogP contribution is 2.40. The highest BCUT2D eigenvalue weighted by atomic mass is 16.5. The van der Waals surface area contributed by atoms with E-state index in [1.54, 1.807) is 12.3 Å². The molecule has 2 rings (SSSR count). The summed E-state index contributed by atoms with van der Waals surface area (Å²) in [7, 11) is 0. The lowest BCUT2D eigenvalue weighted by atomic mass is 9.99. The first-order valence-corrected chi connectivity index (χ1v) is 6.36. The molecule has 4 heteroatoms. The molecule has 0 bridgehead atoms. The average molecular weight is 235 g/mol. The largest absolute Gasteiger partial charge is 0.478 e. The zero-order valence-electron chi connectivity index (χ0n) is 10.9. The van der Waals surface area contributed by atoms with Crippen molar-refractivity contribution < 1.29 is 4.74 Å². The van der Waals surface area contributed by atoms with E-state index in [1.165, 1.54) is 12.8 Å². The molecule has 1 aromatic rings.